The minimum Gasteiger partial charge on any atom is -0.383 e. The molecule has 2 fully saturated rings. The largest absolute Gasteiger partial charge is 0.383 e. The Hall–Kier alpha value is -1.55. The van der Waals surface area contributed by atoms with Crippen LogP contribution in [-0.2, 0) is 20.8 Å². The second kappa shape index (κ2) is 8.86. The molecule has 154 valence electrons. The number of nitrogens with one attached hydrogen (secondary N) is 4. The zero-order valence-corrected chi connectivity index (χ0v) is 16.7. The predicted molar refractivity (Wildman–Crippen MR) is 105 cm³/mol. The fraction of sp³-hybridized carbons (Fsp3) is 0.650. The Morgan fingerprint density at radius 1 is 1.39 bits per heavy atom. The van der Waals surface area contributed by atoms with Crippen LogP contribution in [0.1, 0.15) is 55.1 Å². The molecule has 3 aliphatic rings. The summed E-state index contributed by atoms with van der Waals surface area (Å²) in [4.78, 5) is 18.2. The lowest BCUT2D eigenvalue weighted by atomic mass is 10.0. The molecule has 8 heteroatoms. The minimum absolute atomic E-state index is 0.0182. The number of hydroxylamine groups is 1. The summed E-state index contributed by atoms with van der Waals surface area (Å²) in [6.45, 7) is 4.41. The van der Waals surface area contributed by atoms with E-state index in [1.165, 1.54) is 16.7 Å². The number of nitrogens with zero attached hydrogens (tertiary/aromatic N) is 1. The maximum atomic E-state index is 12.7. The topological polar surface area (TPSA) is 86.9 Å². The van der Waals surface area contributed by atoms with Crippen molar-refractivity contribution in [3.05, 3.63) is 34.9 Å². The molecule has 4 N–H and O–H groups in total. The third-order valence-electron chi connectivity index (χ3n) is 5.85. The van der Waals surface area contributed by atoms with E-state index in [1.807, 2.05) is 0 Å². The van der Waals surface area contributed by atoms with Crippen LogP contribution in [0.4, 0.5) is 0 Å². The van der Waals surface area contributed by atoms with E-state index in [-0.39, 0.29) is 30.4 Å². The van der Waals surface area contributed by atoms with Gasteiger partial charge in [-0.15, -0.1) is 0 Å². The molecule has 1 aromatic rings. The number of rotatable bonds is 7. The van der Waals surface area contributed by atoms with Gasteiger partial charge in [-0.1, -0.05) is 25.1 Å². The van der Waals surface area contributed by atoms with Gasteiger partial charge in [0.2, 0.25) is 5.91 Å². The van der Waals surface area contributed by atoms with Gasteiger partial charge in [0.25, 0.3) is 0 Å². The average molecular weight is 390 g/mol. The fourth-order valence-corrected chi connectivity index (χ4v) is 4.21. The third-order valence-corrected chi connectivity index (χ3v) is 5.85. The first-order valence-corrected chi connectivity index (χ1v) is 10.3. The molecular formula is C20H31N5O3. The zero-order valence-electron chi connectivity index (χ0n) is 16.7. The number of amides is 1. The highest BCUT2D eigenvalue weighted by Gasteiger charge is 2.32. The number of methoxy groups -OCH3 is 1. The lowest BCUT2D eigenvalue weighted by Gasteiger charge is -2.20. The molecule has 0 radical (unpaired) electrons. The molecule has 0 bridgehead atoms. The molecule has 0 aromatic heterocycles. The first kappa shape index (κ1) is 19.8. The quantitative estimate of drug-likeness (QED) is 0.551. The molecule has 3 unspecified atom stereocenters. The second-order valence-electron chi connectivity index (χ2n) is 7.74. The summed E-state index contributed by atoms with van der Waals surface area (Å²) in [6.07, 6.45) is 3.74. The number of hydrogen-bond acceptors (Lipinski definition) is 7. The van der Waals surface area contributed by atoms with E-state index >= 15 is 0 Å². The number of hydrogen-bond donors (Lipinski definition) is 4. The maximum Gasteiger partial charge on any atom is 0.239 e. The Bertz CT molecular complexity index is 700. The highest BCUT2D eigenvalue weighted by atomic mass is 16.7. The molecule has 1 aromatic carbocycles. The fourth-order valence-electron chi connectivity index (χ4n) is 4.21. The van der Waals surface area contributed by atoms with Gasteiger partial charge < -0.3 is 10.1 Å². The second-order valence-corrected chi connectivity index (χ2v) is 7.74. The van der Waals surface area contributed by atoms with E-state index in [9.17, 15) is 4.79 Å². The highest BCUT2D eigenvalue weighted by molar-refractivity contribution is 5.82. The van der Waals surface area contributed by atoms with Crippen LogP contribution in [0, 0.1) is 0 Å². The van der Waals surface area contributed by atoms with Gasteiger partial charge in [0.15, 0.2) is 0 Å². The molecule has 2 aliphatic heterocycles. The van der Waals surface area contributed by atoms with Crippen molar-refractivity contribution in [1.82, 2.24) is 26.5 Å². The van der Waals surface area contributed by atoms with Gasteiger partial charge in [0.1, 0.15) is 18.4 Å². The van der Waals surface area contributed by atoms with Crippen LogP contribution >= 0.6 is 0 Å². The summed E-state index contributed by atoms with van der Waals surface area (Å²) in [6, 6.07) is 6.44. The monoisotopic (exact) mass is 389 g/mol. The number of benzene rings is 1. The summed E-state index contributed by atoms with van der Waals surface area (Å²) in [5.41, 5.74) is 10.1. The van der Waals surface area contributed by atoms with Crippen molar-refractivity contribution < 1.29 is 14.4 Å². The maximum absolute atomic E-state index is 12.7. The van der Waals surface area contributed by atoms with E-state index < -0.39 is 0 Å². The normalized spacial score (nSPS) is 29.9. The molecule has 8 nitrogen and oxygen atoms in total. The number of aryl methyl sites for hydroxylation is 1. The van der Waals surface area contributed by atoms with Crippen molar-refractivity contribution in [2.75, 3.05) is 26.8 Å². The van der Waals surface area contributed by atoms with Gasteiger partial charge in [-0.05, 0) is 42.4 Å². The molecule has 28 heavy (non-hydrogen) atoms. The lowest BCUT2D eigenvalue weighted by molar-refractivity contribution is -0.124. The van der Waals surface area contributed by atoms with E-state index in [0.29, 0.717) is 6.61 Å². The lowest BCUT2D eigenvalue weighted by Crippen LogP contribution is -2.46. The number of carbonyl (C=O) groups excluding carboxylic acids is 1. The summed E-state index contributed by atoms with van der Waals surface area (Å²) in [5.74, 6) is 0.0835. The minimum atomic E-state index is -0.157. The Labute approximate surface area is 166 Å². The van der Waals surface area contributed by atoms with Crippen LogP contribution in [0.2, 0.25) is 0 Å². The highest BCUT2D eigenvalue weighted by Crippen LogP contribution is 2.33. The Morgan fingerprint density at radius 2 is 2.29 bits per heavy atom. The van der Waals surface area contributed by atoms with Gasteiger partial charge in [-0.2, -0.15) is 5.48 Å². The van der Waals surface area contributed by atoms with Crippen molar-refractivity contribution in [3.8, 4) is 0 Å². The Morgan fingerprint density at radius 3 is 3.07 bits per heavy atom. The van der Waals surface area contributed by atoms with E-state index in [1.54, 1.807) is 7.11 Å². The van der Waals surface area contributed by atoms with Crippen molar-refractivity contribution in [1.29, 1.82) is 0 Å². The molecular weight excluding hydrogens is 358 g/mol. The molecule has 4 atom stereocenters. The standard InChI is InChI=1S/C20H31N5O3/c1-3-18-22-19(24-28-18)14-4-6-15-13(12-14)5-7-16(15)21-20(26)17-8-9-25(23-17)10-11-27-2/h4,6,12,16-19,22-24H,3,5,7-11H2,1-2H3,(H,21,26)/t16-,17?,18?,19?/m1/s1. The summed E-state index contributed by atoms with van der Waals surface area (Å²) >= 11 is 0. The van der Waals surface area contributed by atoms with Crippen LogP contribution in [-0.4, -0.2) is 50.0 Å². The van der Waals surface area contributed by atoms with Crippen molar-refractivity contribution in [2.24, 2.45) is 0 Å². The number of hydrazine groups is 1. The molecule has 0 spiro atoms. The molecule has 4 rings (SSSR count). The molecule has 1 amide bonds. The summed E-state index contributed by atoms with van der Waals surface area (Å²) < 4.78 is 5.11. The van der Waals surface area contributed by atoms with Crippen LogP contribution in [0.15, 0.2) is 18.2 Å². The number of carbonyl (C=O) groups is 1. The smallest absolute Gasteiger partial charge is 0.239 e. The van der Waals surface area contributed by atoms with Gasteiger partial charge >= 0.3 is 0 Å². The Kier molecular flexibility index (Phi) is 6.25. The van der Waals surface area contributed by atoms with Crippen LogP contribution in [0.25, 0.3) is 0 Å². The van der Waals surface area contributed by atoms with Crippen molar-refractivity contribution >= 4 is 5.91 Å². The first-order valence-electron chi connectivity index (χ1n) is 10.3. The summed E-state index contributed by atoms with van der Waals surface area (Å²) in [7, 11) is 1.69. The van der Waals surface area contributed by atoms with E-state index in [0.717, 1.165) is 38.8 Å². The third kappa shape index (κ3) is 4.22. The Balaban J connectivity index is 1.34. The van der Waals surface area contributed by atoms with Gasteiger partial charge in [0.05, 0.1) is 12.6 Å². The van der Waals surface area contributed by atoms with Gasteiger partial charge in [-0.3, -0.25) is 14.9 Å². The number of ether oxygens (including phenoxy) is 1. The van der Waals surface area contributed by atoms with Crippen LogP contribution in [0.3, 0.4) is 0 Å². The molecule has 2 saturated heterocycles. The average Bonchev–Trinajstić information content (AvgIpc) is 3.45. The summed E-state index contributed by atoms with van der Waals surface area (Å²) in [5, 5.41) is 8.73. The first-order chi connectivity index (χ1) is 13.7. The van der Waals surface area contributed by atoms with Gasteiger partial charge in [-0.25, -0.2) is 10.4 Å². The molecule has 2 heterocycles. The van der Waals surface area contributed by atoms with Crippen LogP contribution in [0.5, 0.6) is 0 Å². The van der Waals surface area contributed by atoms with Crippen LogP contribution < -0.4 is 21.5 Å². The van der Waals surface area contributed by atoms with E-state index in [2.05, 4.69) is 51.7 Å². The SMILES string of the molecule is CCC1NC(c2ccc3c(c2)CC[C@H]3NC(=O)C2CCN(CCOC)N2)NO1. The van der Waals surface area contributed by atoms with Crippen molar-refractivity contribution in [2.45, 2.75) is 57.1 Å². The molecule has 0 saturated carbocycles. The number of fused-ring (bicyclic) bond motifs is 1. The molecule has 1 aliphatic carbocycles. The van der Waals surface area contributed by atoms with Gasteiger partial charge in [0, 0.05) is 20.2 Å². The predicted octanol–water partition coefficient (Wildman–Crippen LogP) is 0.875. The van der Waals surface area contributed by atoms with E-state index in [4.69, 9.17) is 9.57 Å². The van der Waals surface area contributed by atoms with Crippen molar-refractivity contribution in [3.63, 3.8) is 0 Å². The zero-order chi connectivity index (χ0) is 19.5.